The van der Waals surface area contributed by atoms with Gasteiger partial charge in [0.05, 0.1) is 5.60 Å². The molecule has 18 heavy (non-hydrogen) atoms. The number of rotatable bonds is 7. The van der Waals surface area contributed by atoms with Crippen LogP contribution in [0.5, 0.6) is 0 Å². The first kappa shape index (κ1) is 15.9. The van der Waals surface area contributed by atoms with Gasteiger partial charge in [-0.25, -0.2) is 0 Å². The molecule has 1 heterocycles. The fourth-order valence-corrected chi connectivity index (χ4v) is 2.40. The molecule has 0 spiro atoms. The first-order chi connectivity index (χ1) is 8.39. The first-order valence-electron chi connectivity index (χ1n) is 6.88. The highest BCUT2D eigenvalue weighted by Crippen LogP contribution is 2.02. The van der Waals surface area contributed by atoms with Gasteiger partial charge < -0.3 is 20.2 Å². The molecular weight excluding hydrogens is 228 g/mol. The summed E-state index contributed by atoms with van der Waals surface area (Å²) in [4.78, 5) is 6.86. The van der Waals surface area contributed by atoms with Crippen molar-refractivity contribution < 1.29 is 5.11 Å². The number of hydrogen-bond acceptors (Lipinski definition) is 5. The average molecular weight is 258 g/mol. The molecule has 1 saturated heterocycles. The van der Waals surface area contributed by atoms with Crippen LogP contribution in [0.1, 0.15) is 6.92 Å². The molecule has 1 unspecified atom stereocenters. The Hall–Kier alpha value is -0.200. The van der Waals surface area contributed by atoms with Gasteiger partial charge >= 0.3 is 0 Å². The zero-order chi connectivity index (χ0) is 13.6. The monoisotopic (exact) mass is 258 g/mol. The number of aliphatic hydroxyl groups is 1. The third-order valence-electron chi connectivity index (χ3n) is 3.36. The Morgan fingerprint density at radius 3 is 2.39 bits per heavy atom. The summed E-state index contributed by atoms with van der Waals surface area (Å²) in [7, 11) is 6.14. The molecule has 1 aliphatic heterocycles. The molecule has 0 aromatic rings. The smallest absolute Gasteiger partial charge is 0.0869 e. The minimum absolute atomic E-state index is 0.647. The summed E-state index contributed by atoms with van der Waals surface area (Å²) < 4.78 is 0. The van der Waals surface area contributed by atoms with Gasteiger partial charge in [0, 0.05) is 52.4 Å². The van der Waals surface area contributed by atoms with Gasteiger partial charge in [0.1, 0.15) is 0 Å². The van der Waals surface area contributed by atoms with Gasteiger partial charge in [-0.05, 0) is 28.1 Å². The van der Waals surface area contributed by atoms with E-state index in [1.54, 1.807) is 0 Å². The van der Waals surface area contributed by atoms with E-state index in [1.165, 1.54) is 13.1 Å². The van der Waals surface area contributed by atoms with Crippen LogP contribution < -0.4 is 5.32 Å². The number of nitrogens with one attached hydrogen (secondary N) is 1. The lowest BCUT2D eigenvalue weighted by Gasteiger charge is -2.33. The van der Waals surface area contributed by atoms with Crippen molar-refractivity contribution in [3.63, 3.8) is 0 Å². The number of likely N-dealkylation sites (N-methyl/N-ethyl adjacent to an activating group) is 2. The van der Waals surface area contributed by atoms with Gasteiger partial charge in [-0.2, -0.15) is 0 Å². The lowest BCUT2D eigenvalue weighted by Crippen LogP contribution is -2.49. The van der Waals surface area contributed by atoms with E-state index in [-0.39, 0.29) is 0 Å². The SMILES string of the molecule is CN(C)CC(C)(O)CNCCN1CCN(C)CC1. The van der Waals surface area contributed by atoms with E-state index >= 15 is 0 Å². The van der Waals surface area contributed by atoms with E-state index in [9.17, 15) is 5.11 Å². The molecule has 1 aliphatic rings. The molecule has 0 radical (unpaired) electrons. The van der Waals surface area contributed by atoms with Gasteiger partial charge in [-0.3, -0.25) is 4.90 Å². The first-order valence-corrected chi connectivity index (χ1v) is 6.88. The summed E-state index contributed by atoms with van der Waals surface area (Å²) in [6.07, 6.45) is 0. The molecule has 1 atom stereocenters. The molecule has 0 saturated carbocycles. The number of hydrogen-bond donors (Lipinski definition) is 2. The molecule has 0 bridgehead atoms. The molecule has 0 aromatic heterocycles. The van der Waals surface area contributed by atoms with Crippen LogP contribution in [0.25, 0.3) is 0 Å². The molecule has 1 fully saturated rings. The average Bonchev–Trinajstić information content (AvgIpc) is 2.25. The molecule has 5 heteroatoms. The minimum Gasteiger partial charge on any atom is -0.388 e. The second-order valence-electron chi connectivity index (χ2n) is 6.06. The van der Waals surface area contributed by atoms with Crippen LogP contribution in [-0.4, -0.2) is 98.9 Å². The Balaban J connectivity index is 2.07. The lowest BCUT2D eigenvalue weighted by molar-refractivity contribution is 0.0331. The van der Waals surface area contributed by atoms with E-state index in [4.69, 9.17) is 0 Å². The van der Waals surface area contributed by atoms with Crippen molar-refractivity contribution in [3.8, 4) is 0 Å². The maximum absolute atomic E-state index is 10.1. The van der Waals surface area contributed by atoms with Crippen molar-refractivity contribution in [2.75, 3.05) is 73.5 Å². The number of piperazine rings is 1. The summed E-state index contributed by atoms with van der Waals surface area (Å²) in [6.45, 7) is 9.90. The predicted molar refractivity (Wildman–Crippen MR) is 76.0 cm³/mol. The Labute approximate surface area is 112 Å². The normalized spacial score (nSPS) is 22.3. The quantitative estimate of drug-likeness (QED) is 0.582. The highest BCUT2D eigenvalue weighted by atomic mass is 16.3. The van der Waals surface area contributed by atoms with Gasteiger partial charge in [0.2, 0.25) is 0 Å². The molecule has 0 aromatic carbocycles. The zero-order valence-corrected chi connectivity index (χ0v) is 12.4. The Morgan fingerprint density at radius 1 is 1.22 bits per heavy atom. The second kappa shape index (κ2) is 7.40. The van der Waals surface area contributed by atoms with Gasteiger partial charge in [0.15, 0.2) is 0 Å². The highest BCUT2D eigenvalue weighted by Gasteiger charge is 2.20. The fraction of sp³-hybridized carbons (Fsp3) is 1.00. The summed E-state index contributed by atoms with van der Waals surface area (Å²) in [5.41, 5.74) is -0.647. The van der Waals surface area contributed by atoms with Gasteiger partial charge in [0.25, 0.3) is 0 Å². The minimum atomic E-state index is -0.647. The van der Waals surface area contributed by atoms with Crippen molar-refractivity contribution in [2.24, 2.45) is 0 Å². The third-order valence-corrected chi connectivity index (χ3v) is 3.36. The van der Waals surface area contributed by atoms with Crippen LogP contribution in [0.3, 0.4) is 0 Å². The third kappa shape index (κ3) is 6.66. The maximum atomic E-state index is 10.1. The van der Waals surface area contributed by atoms with Crippen molar-refractivity contribution in [2.45, 2.75) is 12.5 Å². The van der Waals surface area contributed by atoms with Crippen molar-refractivity contribution in [1.29, 1.82) is 0 Å². The molecular formula is C13H30N4O. The van der Waals surface area contributed by atoms with Crippen LogP contribution in [-0.2, 0) is 0 Å². The Bertz CT molecular complexity index is 225. The van der Waals surface area contributed by atoms with Crippen LogP contribution in [0.4, 0.5) is 0 Å². The second-order valence-corrected chi connectivity index (χ2v) is 6.06. The summed E-state index contributed by atoms with van der Waals surface area (Å²) >= 11 is 0. The molecule has 108 valence electrons. The highest BCUT2D eigenvalue weighted by molar-refractivity contribution is 4.78. The molecule has 2 N–H and O–H groups in total. The van der Waals surface area contributed by atoms with Crippen molar-refractivity contribution >= 4 is 0 Å². The lowest BCUT2D eigenvalue weighted by atomic mass is 10.1. The molecule has 5 nitrogen and oxygen atoms in total. The molecule has 0 aliphatic carbocycles. The Kier molecular flexibility index (Phi) is 6.52. The summed E-state index contributed by atoms with van der Waals surface area (Å²) in [6, 6.07) is 0. The predicted octanol–water partition coefficient (Wildman–Crippen LogP) is -0.864. The van der Waals surface area contributed by atoms with Gasteiger partial charge in [-0.15, -0.1) is 0 Å². The van der Waals surface area contributed by atoms with Crippen LogP contribution in [0, 0.1) is 0 Å². The summed E-state index contributed by atoms with van der Waals surface area (Å²) in [5, 5.41) is 13.5. The Morgan fingerprint density at radius 2 is 1.83 bits per heavy atom. The van der Waals surface area contributed by atoms with E-state index in [1.807, 2.05) is 25.9 Å². The zero-order valence-electron chi connectivity index (χ0n) is 12.4. The van der Waals surface area contributed by atoms with Crippen molar-refractivity contribution in [3.05, 3.63) is 0 Å². The van der Waals surface area contributed by atoms with Gasteiger partial charge in [-0.1, -0.05) is 0 Å². The fourth-order valence-electron chi connectivity index (χ4n) is 2.40. The van der Waals surface area contributed by atoms with E-state index in [0.29, 0.717) is 13.1 Å². The van der Waals surface area contributed by atoms with E-state index in [0.717, 1.165) is 26.2 Å². The summed E-state index contributed by atoms with van der Waals surface area (Å²) in [5.74, 6) is 0. The molecule has 0 amide bonds. The molecule has 1 rings (SSSR count). The van der Waals surface area contributed by atoms with Crippen LogP contribution in [0.15, 0.2) is 0 Å². The standard InChI is InChI=1S/C13H30N4O/c1-13(18,12-15(2)3)11-14-5-6-17-9-7-16(4)8-10-17/h14,18H,5-12H2,1-4H3. The van der Waals surface area contributed by atoms with E-state index in [2.05, 4.69) is 22.2 Å². The van der Waals surface area contributed by atoms with Crippen LogP contribution in [0.2, 0.25) is 0 Å². The largest absolute Gasteiger partial charge is 0.388 e. The number of nitrogens with zero attached hydrogens (tertiary/aromatic N) is 3. The topological polar surface area (TPSA) is 42.0 Å². The van der Waals surface area contributed by atoms with Crippen molar-refractivity contribution in [1.82, 2.24) is 20.0 Å². The van der Waals surface area contributed by atoms with Crippen LogP contribution >= 0.6 is 0 Å². The maximum Gasteiger partial charge on any atom is 0.0869 e. The van der Waals surface area contributed by atoms with E-state index < -0.39 is 5.60 Å².